The highest BCUT2D eigenvalue weighted by Crippen LogP contribution is 2.52. The molecule has 1 saturated carbocycles. The van der Waals surface area contributed by atoms with Gasteiger partial charge in [-0.2, -0.15) is 4.98 Å². The Hall–Kier alpha value is -4.01. The summed E-state index contributed by atoms with van der Waals surface area (Å²) in [5.74, 6) is -3.73. The summed E-state index contributed by atoms with van der Waals surface area (Å²) in [6, 6.07) is 8.53. The third-order valence-electron chi connectivity index (χ3n) is 8.27. The number of benzene rings is 1. The number of nitrogens with two attached hydrogens (primary N) is 2. The van der Waals surface area contributed by atoms with Crippen LogP contribution in [0.4, 0.5) is 26.1 Å². The van der Waals surface area contributed by atoms with Crippen molar-refractivity contribution in [2.45, 2.75) is 47.6 Å². The van der Waals surface area contributed by atoms with Gasteiger partial charge in [-0.3, -0.25) is 14.0 Å². The second-order valence-corrected chi connectivity index (χ2v) is 12.1. The number of carbonyl (C=O) groups excluding carboxylic acids is 1. The van der Waals surface area contributed by atoms with Gasteiger partial charge in [0.05, 0.1) is 22.9 Å². The summed E-state index contributed by atoms with van der Waals surface area (Å²) in [5, 5.41) is 13.4. The summed E-state index contributed by atoms with van der Waals surface area (Å²) < 4.78 is 29.4. The quantitative estimate of drug-likeness (QED) is 0.252. The number of halogens is 3. The molecule has 6 N–H and O–H groups in total. The molecule has 1 unspecified atom stereocenters. The summed E-state index contributed by atoms with van der Waals surface area (Å²) in [6.45, 7) is 1.04. The first kappa shape index (κ1) is 29.1. The van der Waals surface area contributed by atoms with Crippen molar-refractivity contribution in [2.75, 3.05) is 29.0 Å². The maximum atomic E-state index is 14.1. The molecule has 2 fully saturated rings. The van der Waals surface area contributed by atoms with Crippen LogP contribution < -0.4 is 27.2 Å². The van der Waals surface area contributed by atoms with Gasteiger partial charge in [0, 0.05) is 30.6 Å². The number of carbonyl (C=O) groups is 1. The minimum atomic E-state index is -2.83. The lowest BCUT2D eigenvalue weighted by atomic mass is 9.74. The molecule has 1 aliphatic heterocycles. The number of aromatic hydroxyl groups is 1. The first-order chi connectivity index (χ1) is 20.5. The van der Waals surface area contributed by atoms with E-state index in [1.165, 1.54) is 12.3 Å². The third-order valence-corrected chi connectivity index (χ3v) is 9.85. The van der Waals surface area contributed by atoms with Crippen molar-refractivity contribution in [3.63, 3.8) is 0 Å². The van der Waals surface area contributed by atoms with Gasteiger partial charge >= 0.3 is 0 Å². The lowest BCUT2D eigenvalue weighted by Gasteiger charge is -2.42. The maximum Gasteiger partial charge on any atom is 0.274 e. The van der Waals surface area contributed by atoms with Crippen molar-refractivity contribution in [1.29, 1.82) is 0 Å². The van der Waals surface area contributed by atoms with Crippen molar-refractivity contribution >= 4 is 52.2 Å². The normalized spacial score (nSPS) is 19.2. The molecular weight excluding hydrogens is 602 g/mol. The number of hydrogen-bond acceptors (Lipinski definition) is 10. The van der Waals surface area contributed by atoms with E-state index in [1.807, 2.05) is 4.90 Å². The first-order valence-corrected chi connectivity index (χ1v) is 14.7. The van der Waals surface area contributed by atoms with Crippen molar-refractivity contribution in [3.8, 4) is 5.88 Å². The van der Waals surface area contributed by atoms with Crippen LogP contribution >= 0.6 is 23.4 Å². The van der Waals surface area contributed by atoms with Crippen LogP contribution in [0, 0.1) is 5.41 Å². The van der Waals surface area contributed by atoms with Crippen molar-refractivity contribution < 1.29 is 18.7 Å². The fraction of sp³-hybridized carbons (Fsp3) is 0.321. The van der Waals surface area contributed by atoms with Crippen LogP contribution in [0.25, 0.3) is 5.65 Å². The highest BCUT2D eigenvalue weighted by Gasteiger charge is 2.57. The number of hydrogen-bond donors (Lipinski definition) is 4. The van der Waals surface area contributed by atoms with E-state index in [9.17, 15) is 23.5 Å². The first-order valence-electron chi connectivity index (χ1n) is 13.5. The Bertz CT molecular complexity index is 1800. The zero-order valence-corrected chi connectivity index (χ0v) is 24.2. The van der Waals surface area contributed by atoms with Gasteiger partial charge in [0.25, 0.3) is 17.4 Å². The van der Waals surface area contributed by atoms with Crippen molar-refractivity contribution in [2.24, 2.45) is 11.1 Å². The number of nitrogens with one attached hydrogen (secondary N) is 1. The Morgan fingerprint density at radius 3 is 2.58 bits per heavy atom. The van der Waals surface area contributed by atoms with E-state index < -0.39 is 40.3 Å². The molecule has 3 aromatic heterocycles. The summed E-state index contributed by atoms with van der Waals surface area (Å²) in [6.07, 6.45) is 4.32. The van der Waals surface area contributed by atoms with Gasteiger partial charge in [-0.15, -0.1) is 0 Å². The van der Waals surface area contributed by atoms with E-state index >= 15 is 0 Å². The molecule has 1 aliphatic carbocycles. The molecule has 6 rings (SSSR count). The molecule has 4 aromatic rings. The number of alkyl halides is 2. The number of fused-ring (bicyclic) bond motifs is 1. The van der Waals surface area contributed by atoms with Gasteiger partial charge in [0.1, 0.15) is 16.5 Å². The Morgan fingerprint density at radius 1 is 1.12 bits per heavy atom. The number of piperidine rings is 1. The van der Waals surface area contributed by atoms with E-state index in [0.29, 0.717) is 48.1 Å². The topological polar surface area (TPSA) is 165 Å². The average Bonchev–Trinajstić information content (AvgIpc) is 3.20. The molecule has 1 saturated heterocycles. The standard InChI is InChI=1S/C28H27ClF2N8O3S/c29-20-15(35-22(40)19-23(41)37-17-6-1-2-11-39(17)25(19)42)4-3-5-16(20)43-24-21(32)36-18(14-34-24)38-12-9-27(10-13-38)7-8-28(30,31)26(27)33/h1-6,11,14,26,41H,7-10,12-13,33H2,(H2,32,36)(H,35,40). The smallest absolute Gasteiger partial charge is 0.274 e. The van der Waals surface area contributed by atoms with E-state index in [4.69, 9.17) is 23.1 Å². The third kappa shape index (κ3) is 5.23. The molecule has 11 nitrogen and oxygen atoms in total. The fourth-order valence-corrected chi connectivity index (χ4v) is 6.88. The van der Waals surface area contributed by atoms with Crippen LogP contribution in [-0.2, 0) is 0 Å². The largest absolute Gasteiger partial charge is 0.493 e. The second kappa shape index (κ2) is 10.9. The van der Waals surface area contributed by atoms with Crippen LogP contribution in [0.5, 0.6) is 5.88 Å². The molecule has 1 aromatic carbocycles. The number of pyridine rings is 1. The predicted molar refractivity (Wildman–Crippen MR) is 159 cm³/mol. The van der Waals surface area contributed by atoms with Crippen LogP contribution in [0.15, 0.2) is 63.5 Å². The Balaban J connectivity index is 1.16. The highest BCUT2D eigenvalue weighted by atomic mass is 35.5. The molecule has 1 atom stereocenters. The molecule has 0 bridgehead atoms. The van der Waals surface area contributed by atoms with Gasteiger partial charge < -0.3 is 26.8 Å². The Kier molecular flexibility index (Phi) is 7.39. The lowest BCUT2D eigenvalue weighted by molar-refractivity contribution is -0.0279. The molecular formula is C28H27ClF2N8O3S. The van der Waals surface area contributed by atoms with Gasteiger partial charge in [-0.05, 0) is 48.9 Å². The average molecular weight is 629 g/mol. The van der Waals surface area contributed by atoms with Crippen LogP contribution in [-0.4, -0.2) is 55.4 Å². The molecule has 0 radical (unpaired) electrons. The van der Waals surface area contributed by atoms with Gasteiger partial charge in [-0.25, -0.2) is 18.7 Å². The number of nitrogen functional groups attached to an aromatic ring is 1. The summed E-state index contributed by atoms with van der Waals surface area (Å²) >= 11 is 7.73. The fourth-order valence-electron chi connectivity index (χ4n) is 5.78. The minimum Gasteiger partial charge on any atom is -0.493 e. The van der Waals surface area contributed by atoms with Crippen molar-refractivity contribution in [3.05, 3.63) is 69.7 Å². The molecule has 1 spiro atoms. The Labute approximate surface area is 253 Å². The van der Waals surface area contributed by atoms with E-state index in [0.717, 1.165) is 16.2 Å². The second-order valence-electron chi connectivity index (χ2n) is 10.7. The molecule has 4 heterocycles. The molecule has 43 heavy (non-hydrogen) atoms. The monoisotopic (exact) mass is 628 g/mol. The van der Waals surface area contributed by atoms with Crippen LogP contribution in [0.3, 0.4) is 0 Å². The molecule has 15 heteroatoms. The van der Waals surface area contributed by atoms with E-state index in [-0.39, 0.29) is 28.6 Å². The summed E-state index contributed by atoms with van der Waals surface area (Å²) in [4.78, 5) is 41.2. The Morgan fingerprint density at radius 2 is 1.88 bits per heavy atom. The van der Waals surface area contributed by atoms with Gasteiger partial charge in [-0.1, -0.05) is 35.5 Å². The minimum absolute atomic E-state index is 0.151. The van der Waals surface area contributed by atoms with E-state index in [2.05, 4.69) is 20.3 Å². The number of rotatable bonds is 5. The highest BCUT2D eigenvalue weighted by molar-refractivity contribution is 7.99. The molecule has 2 aliphatic rings. The SMILES string of the molecule is Nc1nc(N2CCC3(CC2)CCC(F)(F)C3N)cnc1Sc1cccc(NC(=O)c2c(O)nc3ccccn3c2=O)c1Cl. The number of amides is 1. The summed E-state index contributed by atoms with van der Waals surface area (Å²) in [5.41, 5.74) is 10.7. The number of nitrogens with zero attached hydrogens (tertiary/aromatic N) is 5. The van der Waals surface area contributed by atoms with E-state index in [1.54, 1.807) is 36.5 Å². The van der Waals surface area contributed by atoms with Crippen molar-refractivity contribution in [1.82, 2.24) is 19.4 Å². The predicted octanol–water partition coefficient (Wildman–Crippen LogP) is 4.17. The zero-order valence-electron chi connectivity index (χ0n) is 22.6. The van der Waals surface area contributed by atoms with Crippen LogP contribution in [0.1, 0.15) is 36.0 Å². The van der Waals surface area contributed by atoms with Crippen LogP contribution in [0.2, 0.25) is 5.02 Å². The molecule has 1 amide bonds. The summed E-state index contributed by atoms with van der Waals surface area (Å²) in [7, 11) is 0. The zero-order chi connectivity index (χ0) is 30.5. The lowest BCUT2D eigenvalue weighted by Crippen LogP contribution is -2.52. The number of aromatic nitrogens is 4. The maximum absolute atomic E-state index is 14.1. The van der Waals surface area contributed by atoms with Gasteiger partial charge in [0.2, 0.25) is 5.88 Å². The number of anilines is 3. The molecule has 224 valence electrons. The van der Waals surface area contributed by atoms with Gasteiger partial charge in [0.15, 0.2) is 11.4 Å².